The predicted molar refractivity (Wildman–Crippen MR) is 149 cm³/mol. The van der Waals surface area contributed by atoms with Crippen molar-refractivity contribution in [1.82, 2.24) is 0 Å². The van der Waals surface area contributed by atoms with E-state index in [2.05, 4.69) is 107 Å². The zero-order valence-corrected chi connectivity index (χ0v) is 20.2. The highest BCUT2D eigenvalue weighted by Crippen LogP contribution is 2.35. The van der Waals surface area contributed by atoms with E-state index in [4.69, 9.17) is 0 Å². The average Bonchev–Trinajstić information content (AvgIpc) is 2.93. The van der Waals surface area contributed by atoms with E-state index in [0.29, 0.717) is 0 Å². The van der Waals surface area contributed by atoms with Gasteiger partial charge >= 0.3 is 0 Å². The highest BCUT2D eigenvalue weighted by atomic mass is 15.1. The maximum atomic E-state index is 2.61. The minimum Gasteiger partial charge on any atom is -0.371 e. The second-order valence-corrected chi connectivity index (χ2v) is 9.55. The molecule has 2 heteroatoms. The van der Waals surface area contributed by atoms with E-state index in [1.165, 1.54) is 72.2 Å². The third-order valence-corrected chi connectivity index (χ3v) is 7.08. The van der Waals surface area contributed by atoms with Crippen LogP contribution >= 0.6 is 0 Å². The second-order valence-electron chi connectivity index (χ2n) is 9.55. The number of hydrogen-bond donors (Lipinski definition) is 0. The molecule has 0 amide bonds. The topological polar surface area (TPSA) is 6.48 Å². The maximum Gasteiger partial charge on any atom is 0.0447 e. The molecule has 2 aliphatic rings. The zero-order valence-electron chi connectivity index (χ0n) is 20.2. The standard InChI is InChI=1S/C32H36N2/c1-5-13-27(14-6-1)17-19-29-25-32(34-23-11-4-12-24-34)30(20-18-28-15-7-2-8-16-28)26-31(29)33-21-9-3-10-22-33/h1-2,5-8,13-20,25-26H,3-4,9-12,21-24H2/b19-17+,20-18+. The Kier molecular flexibility index (Phi) is 7.45. The third-order valence-electron chi connectivity index (χ3n) is 7.08. The van der Waals surface area contributed by atoms with Crippen LogP contribution in [0.3, 0.4) is 0 Å². The highest BCUT2D eigenvalue weighted by Gasteiger charge is 2.19. The minimum atomic E-state index is 1.15. The fourth-order valence-corrected chi connectivity index (χ4v) is 5.19. The van der Waals surface area contributed by atoms with Crippen LogP contribution in [0.2, 0.25) is 0 Å². The Labute approximate surface area is 205 Å². The van der Waals surface area contributed by atoms with Crippen LogP contribution in [-0.2, 0) is 0 Å². The average molecular weight is 449 g/mol. The SMILES string of the molecule is C(=C\c1cc(N2CCCCC2)c(/C=C/c2ccccc2)cc1N1CCCCC1)/c1ccccc1. The zero-order chi connectivity index (χ0) is 23.0. The van der Waals surface area contributed by atoms with Crippen LogP contribution in [0, 0.1) is 0 Å². The monoisotopic (exact) mass is 448 g/mol. The van der Waals surface area contributed by atoms with Gasteiger partial charge in [-0.25, -0.2) is 0 Å². The molecular weight excluding hydrogens is 412 g/mol. The quantitative estimate of drug-likeness (QED) is 0.352. The van der Waals surface area contributed by atoms with Gasteiger partial charge in [0, 0.05) is 37.6 Å². The minimum absolute atomic E-state index is 1.15. The van der Waals surface area contributed by atoms with Crippen LogP contribution in [0.4, 0.5) is 11.4 Å². The van der Waals surface area contributed by atoms with Crippen molar-refractivity contribution in [3.05, 3.63) is 95.1 Å². The first kappa shape index (κ1) is 22.5. The predicted octanol–water partition coefficient (Wildman–Crippen LogP) is 8.01. The van der Waals surface area contributed by atoms with Crippen LogP contribution in [0.5, 0.6) is 0 Å². The van der Waals surface area contributed by atoms with Crippen LogP contribution < -0.4 is 9.80 Å². The van der Waals surface area contributed by atoms with Crippen molar-refractivity contribution < 1.29 is 0 Å². The molecule has 2 saturated heterocycles. The molecule has 0 saturated carbocycles. The van der Waals surface area contributed by atoms with Crippen molar-refractivity contribution in [3.8, 4) is 0 Å². The Morgan fingerprint density at radius 2 is 0.824 bits per heavy atom. The molecule has 0 aliphatic carbocycles. The normalized spacial score (nSPS) is 17.1. The smallest absolute Gasteiger partial charge is 0.0447 e. The molecule has 3 aromatic carbocycles. The van der Waals surface area contributed by atoms with Crippen molar-refractivity contribution in [2.24, 2.45) is 0 Å². The van der Waals surface area contributed by atoms with Crippen LogP contribution in [-0.4, -0.2) is 26.2 Å². The first-order chi connectivity index (χ1) is 16.9. The molecule has 0 bridgehead atoms. The van der Waals surface area contributed by atoms with Gasteiger partial charge in [0.05, 0.1) is 0 Å². The molecule has 3 aromatic rings. The third kappa shape index (κ3) is 5.62. The Hall–Kier alpha value is -3.26. The lowest BCUT2D eigenvalue weighted by Crippen LogP contribution is -2.32. The van der Waals surface area contributed by atoms with E-state index in [9.17, 15) is 0 Å². The largest absolute Gasteiger partial charge is 0.371 e. The number of rotatable bonds is 6. The number of piperidine rings is 2. The van der Waals surface area contributed by atoms with Crippen molar-refractivity contribution in [2.75, 3.05) is 36.0 Å². The molecule has 0 atom stereocenters. The van der Waals surface area contributed by atoms with Gasteiger partial charge < -0.3 is 9.80 Å². The van der Waals surface area contributed by atoms with E-state index in [1.807, 2.05) is 0 Å². The summed E-state index contributed by atoms with van der Waals surface area (Å²) in [5.41, 5.74) is 7.92. The van der Waals surface area contributed by atoms with Gasteiger partial charge in [-0.2, -0.15) is 0 Å². The summed E-state index contributed by atoms with van der Waals surface area (Å²) >= 11 is 0. The Balaban J connectivity index is 1.58. The second kappa shape index (κ2) is 11.2. The number of anilines is 2. The Morgan fingerprint density at radius 3 is 1.21 bits per heavy atom. The molecule has 0 N–H and O–H groups in total. The number of benzene rings is 3. The molecule has 0 unspecified atom stereocenters. The van der Waals surface area contributed by atoms with E-state index < -0.39 is 0 Å². The fourth-order valence-electron chi connectivity index (χ4n) is 5.19. The first-order valence-electron chi connectivity index (χ1n) is 13.0. The summed E-state index contributed by atoms with van der Waals surface area (Å²) in [4.78, 5) is 5.21. The summed E-state index contributed by atoms with van der Waals surface area (Å²) in [5.74, 6) is 0. The van der Waals surface area contributed by atoms with Crippen LogP contribution in [0.1, 0.15) is 60.8 Å². The summed E-state index contributed by atoms with van der Waals surface area (Å²) in [7, 11) is 0. The van der Waals surface area contributed by atoms with E-state index in [-0.39, 0.29) is 0 Å². The number of nitrogens with zero attached hydrogens (tertiary/aromatic N) is 2. The van der Waals surface area contributed by atoms with E-state index in [0.717, 1.165) is 26.2 Å². The Morgan fingerprint density at radius 1 is 0.441 bits per heavy atom. The molecule has 0 spiro atoms. The summed E-state index contributed by atoms with van der Waals surface area (Å²) < 4.78 is 0. The summed E-state index contributed by atoms with van der Waals surface area (Å²) in [6.07, 6.45) is 17.0. The number of hydrogen-bond acceptors (Lipinski definition) is 2. The molecule has 0 aromatic heterocycles. The lowest BCUT2D eigenvalue weighted by molar-refractivity contribution is 0.575. The summed E-state index contributed by atoms with van der Waals surface area (Å²) in [6.45, 7) is 4.60. The molecular formula is C32H36N2. The van der Waals surface area contributed by atoms with Gasteiger partial charge in [0.2, 0.25) is 0 Å². The lowest BCUT2D eigenvalue weighted by Gasteiger charge is -2.34. The molecule has 34 heavy (non-hydrogen) atoms. The van der Waals surface area contributed by atoms with Crippen molar-refractivity contribution in [2.45, 2.75) is 38.5 Å². The maximum absolute atomic E-state index is 2.61. The van der Waals surface area contributed by atoms with Crippen LogP contribution in [0.15, 0.2) is 72.8 Å². The van der Waals surface area contributed by atoms with Gasteiger partial charge in [0.15, 0.2) is 0 Å². The van der Waals surface area contributed by atoms with Gasteiger partial charge in [-0.3, -0.25) is 0 Å². The molecule has 174 valence electrons. The van der Waals surface area contributed by atoms with Gasteiger partial charge in [-0.1, -0.05) is 85.0 Å². The lowest BCUT2D eigenvalue weighted by atomic mass is 9.99. The van der Waals surface area contributed by atoms with Crippen molar-refractivity contribution >= 4 is 35.7 Å². The van der Waals surface area contributed by atoms with E-state index in [1.54, 1.807) is 0 Å². The Bertz CT molecular complexity index is 1010. The highest BCUT2D eigenvalue weighted by molar-refractivity contribution is 5.86. The molecule has 2 fully saturated rings. The van der Waals surface area contributed by atoms with Gasteiger partial charge in [0.1, 0.15) is 0 Å². The van der Waals surface area contributed by atoms with Crippen molar-refractivity contribution in [1.29, 1.82) is 0 Å². The van der Waals surface area contributed by atoms with Crippen molar-refractivity contribution in [3.63, 3.8) is 0 Å². The van der Waals surface area contributed by atoms with E-state index >= 15 is 0 Å². The molecule has 2 heterocycles. The fraction of sp³-hybridized carbons (Fsp3) is 0.312. The molecule has 2 nitrogen and oxygen atoms in total. The summed E-state index contributed by atoms with van der Waals surface area (Å²) in [6, 6.07) is 26.3. The van der Waals surface area contributed by atoms with Gasteiger partial charge in [-0.05, 0) is 72.9 Å². The first-order valence-corrected chi connectivity index (χ1v) is 13.0. The summed E-state index contributed by atoms with van der Waals surface area (Å²) in [5, 5.41) is 0. The molecule has 5 rings (SSSR count). The molecule has 2 aliphatic heterocycles. The molecule has 0 radical (unpaired) electrons. The van der Waals surface area contributed by atoms with Gasteiger partial charge in [0.25, 0.3) is 0 Å². The van der Waals surface area contributed by atoms with Gasteiger partial charge in [-0.15, -0.1) is 0 Å². The van der Waals surface area contributed by atoms with Crippen LogP contribution in [0.25, 0.3) is 24.3 Å².